The molecule has 0 aliphatic rings. The van der Waals surface area contributed by atoms with Crippen molar-refractivity contribution in [3.63, 3.8) is 0 Å². The van der Waals surface area contributed by atoms with Crippen molar-refractivity contribution in [2.75, 3.05) is 25.6 Å². The zero-order valence-corrected chi connectivity index (χ0v) is 7.86. The molecule has 0 spiro atoms. The van der Waals surface area contributed by atoms with Crippen LogP contribution in [0.1, 0.15) is 10.4 Å². The van der Waals surface area contributed by atoms with Gasteiger partial charge in [-0.1, -0.05) is 0 Å². The fourth-order valence-corrected chi connectivity index (χ4v) is 0.990. The van der Waals surface area contributed by atoms with Crippen LogP contribution >= 0.6 is 0 Å². The molecule has 2 N–H and O–H groups in total. The number of ether oxygens (including phenoxy) is 1. The van der Waals surface area contributed by atoms with Crippen LogP contribution in [0.3, 0.4) is 0 Å². The Morgan fingerprint density at radius 2 is 2.50 bits per heavy atom. The average Bonchev–Trinajstić information content (AvgIpc) is 2.19. The van der Waals surface area contributed by atoms with E-state index in [1.54, 1.807) is 19.4 Å². The topological polar surface area (TPSA) is 71.5 Å². The van der Waals surface area contributed by atoms with Crippen molar-refractivity contribution in [2.45, 2.75) is 0 Å². The molecule has 0 atom stereocenters. The van der Waals surface area contributed by atoms with Gasteiger partial charge < -0.3 is 15.2 Å². The molecule has 0 amide bonds. The van der Waals surface area contributed by atoms with Crippen LogP contribution in [-0.2, 0) is 4.74 Å². The van der Waals surface area contributed by atoms with Crippen molar-refractivity contribution in [3.05, 3.63) is 23.9 Å². The molecule has 0 fully saturated rings. The van der Waals surface area contributed by atoms with E-state index in [4.69, 9.17) is 9.84 Å². The maximum Gasteiger partial charge on any atom is 0.339 e. The molecular formula is C9H12N2O3. The minimum atomic E-state index is -0.988. The van der Waals surface area contributed by atoms with Gasteiger partial charge in [0.05, 0.1) is 6.61 Å². The fraction of sp³-hybridized carbons (Fsp3) is 0.333. The van der Waals surface area contributed by atoms with Crippen LogP contribution in [0.4, 0.5) is 5.82 Å². The zero-order chi connectivity index (χ0) is 10.4. The zero-order valence-electron chi connectivity index (χ0n) is 7.86. The van der Waals surface area contributed by atoms with Gasteiger partial charge in [0, 0.05) is 19.9 Å². The van der Waals surface area contributed by atoms with Gasteiger partial charge in [0.1, 0.15) is 11.4 Å². The standard InChI is InChI=1S/C9H12N2O3/c1-14-6-5-11-8-7(9(12)13)3-2-4-10-8/h2-4H,5-6H2,1H3,(H,10,11)(H,12,13). The van der Waals surface area contributed by atoms with Crippen LogP contribution in [0.5, 0.6) is 0 Å². The molecule has 0 aliphatic heterocycles. The Balaban J connectivity index is 2.69. The normalized spacial score (nSPS) is 9.79. The second-order valence-corrected chi connectivity index (χ2v) is 2.62. The SMILES string of the molecule is COCCNc1ncccc1C(=O)O. The number of aromatic carboxylic acids is 1. The second kappa shape index (κ2) is 5.18. The van der Waals surface area contributed by atoms with Gasteiger partial charge >= 0.3 is 5.97 Å². The smallest absolute Gasteiger partial charge is 0.339 e. The number of hydrogen-bond donors (Lipinski definition) is 2. The molecule has 0 radical (unpaired) electrons. The third-order valence-electron chi connectivity index (χ3n) is 1.64. The first kappa shape index (κ1) is 10.5. The van der Waals surface area contributed by atoms with Gasteiger partial charge in [-0.05, 0) is 12.1 Å². The molecule has 0 saturated heterocycles. The minimum absolute atomic E-state index is 0.170. The van der Waals surface area contributed by atoms with Crippen molar-refractivity contribution in [3.8, 4) is 0 Å². The highest BCUT2D eigenvalue weighted by Crippen LogP contribution is 2.10. The van der Waals surface area contributed by atoms with Gasteiger partial charge in [0.15, 0.2) is 0 Å². The molecule has 1 aromatic heterocycles. The highest BCUT2D eigenvalue weighted by Gasteiger charge is 2.08. The van der Waals surface area contributed by atoms with Gasteiger partial charge in [-0.2, -0.15) is 0 Å². The Labute approximate surface area is 81.7 Å². The number of carboxylic acids is 1. The maximum atomic E-state index is 10.7. The van der Waals surface area contributed by atoms with Crippen molar-refractivity contribution >= 4 is 11.8 Å². The summed E-state index contributed by atoms with van der Waals surface area (Å²) in [5, 5.41) is 11.7. The number of anilines is 1. The molecule has 0 saturated carbocycles. The third kappa shape index (κ3) is 2.70. The number of carbonyl (C=O) groups is 1. The summed E-state index contributed by atoms with van der Waals surface area (Å²) in [5.74, 6) is -0.616. The first-order valence-corrected chi connectivity index (χ1v) is 4.17. The highest BCUT2D eigenvalue weighted by molar-refractivity contribution is 5.92. The largest absolute Gasteiger partial charge is 0.478 e. The first-order chi connectivity index (χ1) is 6.75. The third-order valence-corrected chi connectivity index (χ3v) is 1.64. The first-order valence-electron chi connectivity index (χ1n) is 4.17. The van der Waals surface area contributed by atoms with E-state index in [1.807, 2.05) is 0 Å². The fourth-order valence-electron chi connectivity index (χ4n) is 0.990. The van der Waals surface area contributed by atoms with Crippen LogP contribution in [0.25, 0.3) is 0 Å². The van der Waals surface area contributed by atoms with Gasteiger partial charge in [0.25, 0.3) is 0 Å². The summed E-state index contributed by atoms with van der Waals surface area (Å²) >= 11 is 0. The quantitative estimate of drug-likeness (QED) is 0.683. The van der Waals surface area contributed by atoms with Crippen LogP contribution in [0, 0.1) is 0 Å². The molecule has 0 aromatic carbocycles. The monoisotopic (exact) mass is 196 g/mol. The molecule has 76 valence electrons. The highest BCUT2D eigenvalue weighted by atomic mass is 16.5. The summed E-state index contributed by atoms with van der Waals surface area (Å²) in [7, 11) is 1.58. The molecular weight excluding hydrogens is 184 g/mol. The van der Waals surface area contributed by atoms with Crippen molar-refractivity contribution in [1.82, 2.24) is 4.98 Å². The van der Waals surface area contributed by atoms with E-state index in [2.05, 4.69) is 10.3 Å². The van der Waals surface area contributed by atoms with E-state index in [1.165, 1.54) is 6.07 Å². The summed E-state index contributed by atoms with van der Waals surface area (Å²) in [6.07, 6.45) is 1.54. The van der Waals surface area contributed by atoms with Gasteiger partial charge in [-0.25, -0.2) is 9.78 Å². The van der Waals surface area contributed by atoms with E-state index < -0.39 is 5.97 Å². The van der Waals surface area contributed by atoms with E-state index in [9.17, 15) is 4.79 Å². The lowest BCUT2D eigenvalue weighted by atomic mass is 10.2. The molecule has 0 aliphatic carbocycles. The Kier molecular flexibility index (Phi) is 3.87. The lowest BCUT2D eigenvalue weighted by Gasteiger charge is -2.06. The lowest BCUT2D eigenvalue weighted by molar-refractivity contribution is 0.0697. The predicted octanol–water partition coefficient (Wildman–Crippen LogP) is 0.838. The maximum absolute atomic E-state index is 10.7. The number of nitrogens with zero attached hydrogens (tertiary/aromatic N) is 1. The number of aromatic nitrogens is 1. The minimum Gasteiger partial charge on any atom is -0.478 e. The van der Waals surface area contributed by atoms with Crippen molar-refractivity contribution in [1.29, 1.82) is 0 Å². The van der Waals surface area contributed by atoms with Gasteiger partial charge in [-0.3, -0.25) is 0 Å². The average molecular weight is 196 g/mol. The number of rotatable bonds is 5. The van der Waals surface area contributed by atoms with E-state index >= 15 is 0 Å². The summed E-state index contributed by atoms with van der Waals surface area (Å²) in [4.78, 5) is 14.7. The number of nitrogens with one attached hydrogen (secondary N) is 1. The van der Waals surface area contributed by atoms with Crippen molar-refractivity contribution in [2.24, 2.45) is 0 Å². The van der Waals surface area contributed by atoms with Crippen LogP contribution in [-0.4, -0.2) is 36.3 Å². The van der Waals surface area contributed by atoms with E-state index in [0.717, 1.165) is 0 Å². The number of methoxy groups -OCH3 is 1. The summed E-state index contributed by atoms with van der Waals surface area (Å²) in [5.41, 5.74) is 0.170. The molecule has 1 rings (SSSR count). The molecule has 14 heavy (non-hydrogen) atoms. The predicted molar refractivity (Wildman–Crippen MR) is 51.6 cm³/mol. The van der Waals surface area contributed by atoms with Crippen LogP contribution < -0.4 is 5.32 Å². The van der Waals surface area contributed by atoms with E-state index in [-0.39, 0.29) is 5.56 Å². The molecule has 1 heterocycles. The Morgan fingerprint density at radius 3 is 3.14 bits per heavy atom. The molecule has 5 nitrogen and oxygen atoms in total. The van der Waals surface area contributed by atoms with Crippen LogP contribution in [0.2, 0.25) is 0 Å². The Bertz CT molecular complexity index is 315. The van der Waals surface area contributed by atoms with E-state index in [0.29, 0.717) is 19.0 Å². The number of pyridine rings is 1. The van der Waals surface area contributed by atoms with Crippen molar-refractivity contribution < 1.29 is 14.6 Å². The number of hydrogen-bond acceptors (Lipinski definition) is 4. The molecule has 5 heteroatoms. The molecule has 1 aromatic rings. The Morgan fingerprint density at radius 1 is 1.71 bits per heavy atom. The lowest BCUT2D eigenvalue weighted by Crippen LogP contribution is -2.12. The molecule has 0 bridgehead atoms. The Hall–Kier alpha value is -1.62. The van der Waals surface area contributed by atoms with Gasteiger partial charge in [-0.15, -0.1) is 0 Å². The summed E-state index contributed by atoms with van der Waals surface area (Å²) in [6, 6.07) is 3.09. The van der Waals surface area contributed by atoms with Gasteiger partial charge in [0.2, 0.25) is 0 Å². The number of carboxylic acid groups (broad SMARTS) is 1. The second-order valence-electron chi connectivity index (χ2n) is 2.62. The summed E-state index contributed by atoms with van der Waals surface area (Å²) in [6.45, 7) is 1.05. The summed E-state index contributed by atoms with van der Waals surface area (Å²) < 4.78 is 4.83. The van der Waals surface area contributed by atoms with Crippen LogP contribution in [0.15, 0.2) is 18.3 Å². The molecule has 0 unspecified atom stereocenters.